The average Bonchev–Trinajstić information content (AvgIpc) is 2.91. The van der Waals surface area contributed by atoms with E-state index in [0.29, 0.717) is 11.6 Å². The maximum Gasteiger partial charge on any atom is 0.247 e. The number of amides is 1. The molecule has 3 N–H and O–H groups in total. The van der Waals surface area contributed by atoms with Gasteiger partial charge in [0, 0.05) is 16.8 Å². The van der Waals surface area contributed by atoms with Gasteiger partial charge in [0.15, 0.2) is 0 Å². The largest absolute Gasteiger partial charge is 0.423 e. The zero-order chi connectivity index (χ0) is 15.7. The molecule has 0 atom stereocenters. The van der Waals surface area contributed by atoms with Crippen LogP contribution >= 0.6 is 0 Å². The Bertz CT molecular complexity index is 627. The summed E-state index contributed by atoms with van der Waals surface area (Å²) in [5.74, 6) is 0.266. The van der Waals surface area contributed by atoms with Crippen LogP contribution in [0.15, 0.2) is 35.1 Å². The fourth-order valence-corrected chi connectivity index (χ4v) is 1.61. The number of carbonyl (C=O) groups excluding carboxylic acids is 1. The molecule has 1 heterocycles. The number of rotatable bonds is 4. The van der Waals surface area contributed by atoms with Crippen molar-refractivity contribution in [2.75, 3.05) is 5.32 Å². The molecule has 0 aliphatic rings. The van der Waals surface area contributed by atoms with E-state index < -0.39 is 11.0 Å². The van der Waals surface area contributed by atoms with Crippen molar-refractivity contribution in [1.82, 2.24) is 10.2 Å². The summed E-state index contributed by atoms with van der Waals surface area (Å²) in [6.45, 7) is 7.32. The Morgan fingerprint density at radius 2 is 2.00 bits per heavy atom. The van der Waals surface area contributed by atoms with Crippen LogP contribution in [0.25, 0.3) is 11.5 Å². The Kier molecular flexibility index (Phi) is 3.82. The highest BCUT2D eigenvalue weighted by molar-refractivity contribution is 5.96. The van der Waals surface area contributed by atoms with Crippen LogP contribution in [0.3, 0.4) is 0 Å². The minimum atomic E-state index is -0.715. The molecule has 2 aromatic rings. The minimum Gasteiger partial charge on any atom is -0.423 e. The zero-order valence-corrected chi connectivity index (χ0v) is 12.7. The molecule has 21 heavy (non-hydrogen) atoms. The van der Waals surface area contributed by atoms with Crippen LogP contribution in [-0.2, 0) is 4.79 Å². The molecule has 1 aromatic carbocycles. The maximum absolute atomic E-state index is 12.4. The van der Waals surface area contributed by atoms with Gasteiger partial charge in [-0.1, -0.05) is 6.07 Å². The number of nitrogens with one attached hydrogen (secondary N) is 1. The van der Waals surface area contributed by atoms with E-state index in [4.69, 9.17) is 10.2 Å². The van der Waals surface area contributed by atoms with E-state index in [1.165, 1.54) is 6.39 Å². The van der Waals surface area contributed by atoms with Gasteiger partial charge in [-0.15, -0.1) is 10.2 Å². The molecule has 0 aliphatic carbocycles. The average molecular weight is 288 g/mol. The lowest BCUT2D eigenvalue weighted by atomic mass is 9.74. The topological polar surface area (TPSA) is 94.0 Å². The van der Waals surface area contributed by atoms with Gasteiger partial charge >= 0.3 is 0 Å². The van der Waals surface area contributed by atoms with Gasteiger partial charge in [0.1, 0.15) is 0 Å². The van der Waals surface area contributed by atoms with Crippen molar-refractivity contribution >= 4 is 11.6 Å². The second kappa shape index (κ2) is 5.29. The van der Waals surface area contributed by atoms with Crippen LogP contribution in [0.1, 0.15) is 27.7 Å². The minimum absolute atomic E-state index is 0.141. The Morgan fingerprint density at radius 1 is 1.29 bits per heavy atom. The van der Waals surface area contributed by atoms with Crippen LogP contribution in [0.4, 0.5) is 5.69 Å². The number of hydrogen-bond donors (Lipinski definition) is 2. The first-order valence-corrected chi connectivity index (χ1v) is 6.69. The molecule has 0 fully saturated rings. The summed E-state index contributed by atoms with van der Waals surface area (Å²) in [6, 6.07) is 7.24. The standard InChI is InChI=1S/C15H20N4O2/c1-14(2,15(3,4)16)13(20)18-11-7-5-6-10(8-11)12-19-17-9-21-12/h5-9H,16H2,1-4H3,(H,18,20). The van der Waals surface area contributed by atoms with Crippen LogP contribution < -0.4 is 11.1 Å². The highest BCUT2D eigenvalue weighted by atomic mass is 16.4. The number of anilines is 1. The summed E-state index contributed by atoms with van der Waals surface area (Å²) in [5, 5.41) is 10.4. The van der Waals surface area contributed by atoms with E-state index in [-0.39, 0.29) is 5.91 Å². The molecular formula is C15H20N4O2. The SMILES string of the molecule is CC(C)(N)C(C)(C)C(=O)Nc1cccc(-c2nnco2)c1. The molecule has 6 heteroatoms. The molecular weight excluding hydrogens is 268 g/mol. The Hall–Kier alpha value is -2.21. The predicted octanol–water partition coefficient (Wildman–Crippen LogP) is 2.44. The molecule has 0 unspecified atom stereocenters. The van der Waals surface area contributed by atoms with Crippen molar-refractivity contribution in [3.8, 4) is 11.5 Å². The van der Waals surface area contributed by atoms with Gasteiger partial charge in [-0.3, -0.25) is 4.79 Å². The third-order valence-corrected chi connectivity index (χ3v) is 3.91. The summed E-state index contributed by atoms with van der Waals surface area (Å²) in [5.41, 5.74) is 6.13. The van der Waals surface area contributed by atoms with Gasteiger partial charge in [0.2, 0.25) is 18.2 Å². The lowest BCUT2D eigenvalue weighted by molar-refractivity contribution is -0.126. The maximum atomic E-state index is 12.4. The van der Waals surface area contributed by atoms with E-state index in [9.17, 15) is 4.79 Å². The van der Waals surface area contributed by atoms with E-state index in [1.54, 1.807) is 12.1 Å². The lowest BCUT2D eigenvalue weighted by Gasteiger charge is -2.36. The quantitative estimate of drug-likeness (QED) is 0.901. The fourth-order valence-electron chi connectivity index (χ4n) is 1.61. The van der Waals surface area contributed by atoms with Crippen LogP contribution in [0.5, 0.6) is 0 Å². The van der Waals surface area contributed by atoms with Crippen molar-refractivity contribution in [3.63, 3.8) is 0 Å². The van der Waals surface area contributed by atoms with Gasteiger partial charge in [-0.2, -0.15) is 0 Å². The first-order chi connectivity index (χ1) is 9.72. The van der Waals surface area contributed by atoms with Crippen molar-refractivity contribution in [1.29, 1.82) is 0 Å². The Balaban J connectivity index is 2.21. The molecule has 0 bridgehead atoms. The first-order valence-electron chi connectivity index (χ1n) is 6.69. The van der Waals surface area contributed by atoms with Crippen molar-refractivity contribution in [3.05, 3.63) is 30.7 Å². The summed E-state index contributed by atoms with van der Waals surface area (Å²) in [4.78, 5) is 12.4. The Morgan fingerprint density at radius 3 is 2.57 bits per heavy atom. The van der Waals surface area contributed by atoms with Gasteiger partial charge in [0.25, 0.3) is 0 Å². The lowest BCUT2D eigenvalue weighted by Crippen LogP contribution is -2.53. The zero-order valence-electron chi connectivity index (χ0n) is 12.7. The van der Waals surface area contributed by atoms with Gasteiger partial charge < -0.3 is 15.5 Å². The van der Waals surface area contributed by atoms with E-state index in [1.807, 2.05) is 39.8 Å². The smallest absolute Gasteiger partial charge is 0.247 e. The Labute approximate surface area is 123 Å². The second-order valence-electron chi connectivity index (χ2n) is 6.13. The number of nitrogens with zero attached hydrogens (tertiary/aromatic N) is 2. The van der Waals surface area contributed by atoms with Crippen molar-refractivity contribution in [2.24, 2.45) is 11.1 Å². The first kappa shape index (κ1) is 15.2. The van der Waals surface area contributed by atoms with Crippen molar-refractivity contribution in [2.45, 2.75) is 33.2 Å². The molecule has 0 saturated carbocycles. The predicted molar refractivity (Wildman–Crippen MR) is 80.4 cm³/mol. The third kappa shape index (κ3) is 3.11. The highest BCUT2D eigenvalue weighted by Gasteiger charge is 2.40. The number of hydrogen-bond acceptors (Lipinski definition) is 5. The summed E-state index contributed by atoms with van der Waals surface area (Å²) in [7, 11) is 0. The number of aromatic nitrogens is 2. The van der Waals surface area contributed by atoms with Crippen LogP contribution in [0.2, 0.25) is 0 Å². The molecule has 2 rings (SSSR count). The van der Waals surface area contributed by atoms with Gasteiger partial charge in [-0.05, 0) is 45.9 Å². The third-order valence-electron chi connectivity index (χ3n) is 3.91. The molecule has 0 radical (unpaired) electrons. The number of carbonyl (C=O) groups is 1. The molecule has 6 nitrogen and oxygen atoms in total. The second-order valence-corrected chi connectivity index (χ2v) is 6.13. The van der Waals surface area contributed by atoms with E-state index in [2.05, 4.69) is 15.5 Å². The fraction of sp³-hybridized carbons (Fsp3) is 0.400. The molecule has 0 saturated heterocycles. The number of nitrogens with two attached hydrogens (primary N) is 1. The summed E-state index contributed by atoms with van der Waals surface area (Å²) >= 11 is 0. The molecule has 1 amide bonds. The van der Waals surface area contributed by atoms with Crippen LogP contribution in [-0.4, -0.2) is 21.6 Å². The normalized spacial score (nSPS) is 12.2. The summed E-state index contributed by atoms with van der Waals surface area (Å²) in [6.07, 6.45) is 1.26. The molecule has 0 aliphatic heterocycles. The monoisotopic (exact) mass is 288 g/mol. The van der Waals surface area contributed by atoms with E-state index in [0.717, 1.165) is 5.56 Å². The molecule has 1 aromatic heterocycles. The van der Waals surface area contributed by atoms with Crippen LogP contribution in [0, 0.1) is 5.41 Å². The highest BCUT2D eigenvalue weighted by Crippen LogP contribution is 2.30. The van der Waals surface area contributed by atoms with Gasteiger partial charge in [-0.25, -0.2) is 0 Å². The van der Waals surface area contributed by atoms with E-state index >= 15 is 0 Å². The van der Waals surface area contributed by atoms with Gasteiger partial charge in [0.05, 0.1) is 5.41 Å². The van der Waals surface area contributed by atoms with Crippen molar-refractivity contribution < 1.29 is 9.21 Å². The molecule has 0 spiro atoms. The molecule has 112 valence electrons. The number of benzene rings is 1. The summed E-state index contributed by atoms with van der Waals surface area (Å²) < 4.78 is 5.15.